The number of sulfonamides is 1. The van der Waals surface area contributed by atoms with Gasteiger partial charge in [0.15, 0.2) is 0 Å². The maximum absolute atomic E-state index is 12.5. The molecule has 2 N–H and O–H groups in total. The lowest BCUT2D eigenvalue weighted by molar-refractivity contribution is -0.147. The first-order valence-corrected chi connectivity index (χ1v) is 7.85. The molecule has 21 heavy (non-hydrogen) atoms. The van der Waals surface area contributed by atoms with Crippen molar-refractivity contribution in [1.82, 2.24) is 4.31 Å². The van der Waals surface area contributed by atoms with Gasteiger partial charge in [0.2, 0.25) is 10.0 Å². The number of nitrogens with zero attached hydrogens (tertiary/aromatic N) is 1. The number of carboxylic acid groups (broad SMARTS) is 1. The van der Waals surface area contributed by atoms with Crippen LogP contribution in [-0.2, 0) is 14.8 Å². The molecule has 0 radical (unpaired) electrons. The smallest absolute Gasteiger partial charge is 0.310 e. The number of hydrogen-bond donors (Lipinski definition) is 2. The first-order valence-electron chi connectivity index (χ1n) is 6.41. The number of aliphatic carboxylic acids is 1. The van der Waals surface area contributed by atoms with E-state index in [-0.39, 0.29) is 24.4 Å². The van der Waals surface area contributed by atoms with Crippen molar-refractivity contribution in [2.75, 3.05) is 20.2 Å². The molecule has 0 aliphatic carbocycles. The lowest BCUT2D eigenvalue weighted by Crippen LogP contribution is -2.48. The molecule has 0 amide bonds. The first-order chi connectivity index (χ1) is 9.86. The van der Waals surface area contributed by atoms with Gasteiger partial charge in [0.05, 0.1) is 24.0 Å². The Morgan fingerprint density at radius 2 is 2.14 bits per heavy atom. The highest BCUT2D eigenvalue weighted by atomic mass is 32.2. The van der Waals surface area contributed by atoms with Crippen molar-refractivity contribution in [3.8, 4) is 5.75 Å². The molecule has 0 aromatic heterocycles. The zero-order valence-electron chi connectivity index (χ0n) is 11.5. The van der Waals surface area contributed by atoms with E-state index in [1.54, 1.807) is 12.1 Å². The molecule has 1 aliphatic rings. The van der Waals surface area contributed by atoms with E-state index in [1.807, 2.05) is 0 Å². The molecule has 1 aromatic carbocycles. The summed E-state index contributed by atoms with van der Waals surface area (Å²) in [6, 6.07) is 5.99. The molecule has 0 bridgehead atoms. The Bertz CT molecular complexity index is 629. The van der Waals surface area contributed by atoms with E-state index >= 15 is 0 Å². The lowest BCUT2D eigenvalue weighted by atomic mass is 9.96. The summed E-state index contributed by atoms with van der Waals surface area (Å²) < 4.78 is 31.1. The van der Waals surface area contributed by atoms with Gasteiger partial charge in [-0.25, -0.2) is 8.42 Å². The van der Waals surface area contributed by atoms with Gasteiger partial charge in [0, 0.05) is 19.2 Å². The van der Waals surface area contributed by atoms with Gasteiger partial charge in [-0.05, 0) is 18.6 Å². The van der Waals surface area contributed by atoms with Crippen LogP contribution >= 0.6 is 0 Å². The van der Waals surface area contributed by atoms with E-state index in [0.717, 1.165) is 4.31 Å². The standard InChI is InChI=1S/C13H17NO6S/c1-20-9-3-2-4-10(7-9)21(18,19)14-6-5-12(15)11(8-14)13(16)17/h2-4,7,11-12,15H,5-6,8H2,1H3,(H,16,17)/t11-,12+/m0/s1. The van der Waals surface area contributed by atoms with Crippen LogP contribution in [0.4, 0.5) is 0 Å². The third-order valence-corrected chi connectivity index (χ3v) is 5.40. The predicted octanol–water partition coefficient (Wildman–Crippen LogP) is 0.151. The number of aliphatic hydroxyl groups excluding tert-OH is 1. The Balaban J connectivity index is 2.29. The number of carboxylic acids is 1. The molecular formula is C13H17NO6S. The largest absolute Gasteiger partial charge is 0.497 e. The van der Waals surface area contributed by atoms with Crippen LogP contribution in [0.15, 0.2) is 29.2 Å². The second-order valence-electron chi connectivity index (χ2n) is 4.84. The molecule has 1 aromatic rings. The van der Waals surface area contributed by atoms with Crippen LogP contribution < -0.4 is 4.74 Å². The Morgan fingerprint density at radius 3 is 2.76 bits per heavy atom. The highest BCUT2D eigenvalue weighted by Gasteiger charge is 2.38. The topological polar surface area (TPSA) is 104 Å². The fraction of sp³-hybridized carbons (Fsp3) is 0.462. The molecule has 116 valence electrons. The minimum Gasteiger partial charge on any atom is -0.497 e. The highest BCUT2D eigenvalue weighted by Crippen LogP contribution is 2.26. The highest BCUT2D eigenvalue weighted by molar-refractivity contribution is 7.89. The monoisotopic (exact) mass is 315 g/mol. The van der Waals surface area contributed by atoms with Crippen LogP contribution in [0.3, 0.4) is 0 Å². The third-order valence-electron chi connectivity index (χ3n) is 3.54. The van der Waals surface area contributed by atoms with Crippen LogP contribution in [0.2, 0.25) is 0 Å². The fourth-order valence-corrected chi connectivity index (χ4v) is 3.80. The van der Waals surface area contributed by atoms with Crippen molar-refractivity contribution >= 4 is 16.0 Å². The number of benzene rings is 1. The summed E-state index contributed by atoms with van der Waals surface area (Å²) in [5.41, 5.74) is 0. The molecule has 0 spiro atoms. The van der Waals surface area contributed by atoms with Gasteiger partial charge in [0.1, 0.15) is 5.75 Å². The summed E-state index contributed by atoms with van der Waals surface area (Å²) in [4.78, 5) is 11.1. The zero-order chi connectivity index (χ0) is 15.6. The molecule has 0 unspecified atom stereocenters. The molecule has 2 rings (SSSR count). The number of ether oxygens (including phenoxy) is 1. The summed E-state index contributed by atoms with van der Waals surface area (Å²) >= 11 is 0. The summed E-state index contributed by atoms with van der Waals surface area (Å²) in [5, 5.41) is 18.7. The van der Waals surface area contributed by atoms with Crippen molar-refractivity contribution in [2.45, 2.75) is 17.4 Å². The van der Waals surface area contributed by atoms with Crippen molar-refractivity contribution in [3.63, 3.8) is 0 Å². The van der Waals surface area contributed by atoms with Crippen LogP contribution in [0.25, 0.3) is 0 Å². The van der Waals surface area contributed by atoms with Crippen molar-refractivity contribution in [1.29, 1.82) is 0 Å². The van der Waals surface area contributed by atoms with Gasteiger partial charge in [-0.2, -0.15) is 4.31 Å². The predicted molar refractivity (Wildman–Crippen MR) is 73.5 cm³/mol. The van der Waals surface area contributed by atoms with Gasteiger partial charge < -0.3 is 14.9 Å². The van der Waals surface area contributed by atoms with Gasteiger partial charge in [-0.3, -0.25) is 4.79 Å². The summed E-state index contributed by atoms with van der Waals surface area (Å²) in [5.74, 6) is -1.91. The minimum atomic E-state index is -3.81. The number of rotatable bonds is 4. The zero-order valence-corrected chi connectivity index (χ0v) is 12.3. The van der Waals surface area contributed by atoms with E-state index in [4.69, 9.17) is 9.84 Å². The molecule has 2 atom stereocenters. The van der Waals surface area contributed by atoms with Gasteiger partial charge in [-0.15, -0.1) is 0 Å². The average molecular weight is 315 g/mol. The van der Waals surface area contributed by atoms with E-state index < -0.39 is 28.0 Å². The van der Waals surface area contributed by atoms with Crippen LogP contribution in [-0.4, -0.2) is 55.2 Å². The summed E-state index contributed by atoms with van der Waals surface area (Å²) in [6.45, 7) is -0.152. The second-order valence-corrected chi connectivity index (χ2v) is 6.78. The fourth-order valence-electron chi connectivity index (χ4n) is 2.28. The van der Waals surface area contributed by atoms with Gasteiger partial charge in [-0.1, -0.05) is 6.07 Å². The summed E-state index contributed by atoms with van der Waals surface area (Å²) in [7, 11) is -2.37. The van der Waals surface area contributed by atoms with Gasteiger partial charge in [0.25, 0.3) is 0 Å². The second kappa shape index (κ2) is 6.00. The first kappa shape index (κ1) is 15.7. The lowest BCUT2D eigenvalue weighted by Gasteiger charge is -2.33. The average Bonchev–Trinajstić information content (AvgIpc) is 2.47. The molecule has 1 saturated heterocycles. The van der Waals surface area contributed by atoms with Gasteiger partial charge >= 0.3 is 5.97 Å². The molecule has 0 saturated carbocycles. The van der Waals surface area contributed by atoms with Crippen molar-refractivity contribution in [2.24, 2.45) is 5.92 Å². The number of aliphatic hydroxyl groups is 1. The minimum absolute atomic E-state index is 0.0439. The third kappa shape index (κ3) is 3.17. The van der Waals surface area contributed by atoms with E-state index in [2.05, 4.69) is 0 Å². The Hall–Kier alpha value is -1.64. The quantitative estimate of drug-likeness (QED) is 0.820. The van der Waals surface area contributed by atoms with E-state index in [1.165, 1.54) is 19.2 Å². The Labute approximate surface area is 122 Å². The number of carbonyl (C=O) groups is 1. The number of methoxy groups -OCH3 is 1. The maximum atomic E-state index is 12.5. The molecule has 1 heterocycles. The number of hydrogen-bond acceptors (Lipinski definition) is 5. The Kier molecular flexibility index (Phi) is 4.50. The van der Waals surface area contributed by atoms with Crippen LogP contribution in [0.5, 0.6) is 5.75 Å². The molecule has 7 nitrogen and oxygen atoms in total. The van der Waals surface area contributed by atoms with E-state index in [0.29, 0.717) is 5.75 Å². The molecular weight excluding hydrogens is 298 g/mol. The van der Waals surface area contributed by atoms with Crippen LogP contribution in [0.1, 0.15) is 6.42 Å². The molecule has 8 heteroatoms. The van der Waals surface area contributed by atoms with Crippen molar-refractivity contribution < 1.29 is 28.2 Å². The van der Waals surface area contributed by atoms with Crippen molar-refractivity contribution in [3.05, 3.63) is 24.3 Å². The van der Waals surface area contributed by atoms with Crippen LogP contribution in [0, 0.1) is 5.92 Å². The maximum Gasteiger partial charge on any atom is 0.310 e. The Morgan fingerprint density at radius 1 is 1.43 bits per heavy atom. The van der Waals surface area contributed by atoms with E-state index in [9.17, 15) is 18.3 Å². The normalized spacial score (nSPS) is 23.7. The molecule has 1 fully saturated rings. The summed E-state index contributed by atoms with van der Waals surface area (Å²) in [6.07, 6.45) is -0.931. The number of piperidine rings is 1. The molecule has 1 aliphatic heterocycles. The SMILES string of the molecule is COc1cccc(S(=O)(=O)N2CC[C@@H](O)[C@@H](C(=O)O)C2)c1.